The quantitative estimate of drug-likeness (QED) is 0.769. The van der Waals surface area contributed by atoms with Crippen molar-refractivity contribution in [2.24, 2.45) is 0 Å². The van der Waals surface area contributed by atoms with Gasteiger partial charge in [0.25, 0.3) is 0 Å². The summed E-state index contributed by atoms with van der Waals surface area (Å²) in [6, 6.07) is 6.88. The number of benzene rings is 1. The molecule has 1 aromatic carbocycles. The number of hydrogen-bond donors (Lipinski definition) is 0. The maximum atomic E-state index is 12.2. The molecule has 1 aromatic rings. The number of nitrogens with zero attached hydrogens (tertiary/aromatic N) is 2. The zero-order chi connectivity index (χ0) is 16.8. The van der Waals surface area contributed by atoms with E-state index in [1.807, 2.05) is 0 Å². The van der Waals surface area contributed by atoms with Gasteiger partial charge in [-0.2, -0.15) is 0 Å². The third-order valence-corrected chi connectivity index (χ3v) is 4.06. The predicted octanol–water partition coefficient (Wildman–Crippen LogP) is 1.35. The zero-order valence-corrected chi connectivity index (χ0v) is 13.6. The van der Waals surface area contributed by atoms with Gasteiger partial charge in [0.15, 0.2) is 5.78 Å². The van der Waals surface area contributed by atoms with Gasteiger partial charge in [-0.25, -0.2) is 0 Å². The van der Waals surface area contributed by atoms with Crippen LogP contribution in [0.3, 0.4) is 0 Å². The highest BCUT2D eigenvalue weighted by Crippen LogP contribution is 2.14. The molecule has 1 heterocycles. The molecule has 0 atom stereocenters. The first-order valence-corrected chi connectivity index (χ1v) is 7.72. The van der Waals surface area contributed by atoms with Gasteiger partial charge in [-0.1, -0.05) is 0 Å². The zero-order valence-electron chi connectivity index (χ0n) is 13.6. The van der Waals surface area contributed by atoms with Gasteiger partial charge in [0, 0.05) is 51.5 Å². The molecule has 0 bridgehead atoms. The van der Waals surface area contributed by atoms with Gasteiger partial charge >= 0.3 is 0 Å². The van der Waals surface area contributed by atoms with Crippen molar-refractivity contribution >= 4 is 17.6 Å². The standard InChI is InChI=1S/C17H22N2O4/c1-13(20)18-9-11-19(12-10-18)17(22)8-7-16(21)14-3-5-15(23-2)6-4-14/h3-6H,7-12H2,1-2H3. The van der Waals surface area contributed by atoms with Crippen molar-refractivity contribution in [3.63, 3.8) is 0 Å². The van der Waals surface area contributed by atoms with E-state index in [0.717, 1.165) is 0 Å². The lowest BCUT2D eigenvalue weighted by molar-refractivity contribution is -0.138. The van der Waals surface area contributed by atoms with E-state index < -0.39 is 0 Å². The van der Waals surface area contributed by atoms with Crippen LogP contribution in [-0.2, 0) is 9.59 Å². The van der Waals surface area contributed by atoms with Crippen molar-refractivity contribution in [1.29, 1.82) is 0 Å². The molecule has 0 aromatic heterocycles. The number of hydrogen-bond acceptors (Lipinski definition) is 4. The molecule has 0 radical (unpaired) electrons. The number of amides is 2. The fraction of sp³-hybridized carbons (Fsp3) is 0.471. The summed E-state index contributed by atoms with van der Waals surface area (Å²) in [7, 11) is 1.57. The third-order valence-electron chi connectivity index (χ3n) is 4.06. The molecule has 0 unspecified atom stereocenters. The van der Waals surface area contributed by atoms with Crippen LogP contribution in [0.2, 0.25) is 0 Å². The van der Waals surface area contributed by atoms with E-state index in [-0.39, 0.29) is 30.4 Å². The highest BCUT2D eigenvalue weighted by atomic mass is 16.5. The molecule has 1 aliphatic heterocycles. The monoisotopic (exact) mass is 318 g/mol. The lowest BCUT2D eigenvalue weighted by Crippen LogP contribution is -2.50. The molecule has 124 valence electrons. The van der Waals surface area contributed by atoms with Gasteiger partial charge in [0.05, 0.1) is 7.11 Å². The van der Waals surface area contributed by atoms with Crippen LogP contribution in [0.1, 0.15) is 30.1 Å². The Morgan fingerprint density at radius 2 is 1.52 bits per heavy atom. The van der Waals surface area contributed by atoms with Crippen LogP contribution < -0.4 is 4.74 Å². The highest BCUT2D eigenvalue weighted by molar-refractivity contribution is 5.98. The van der Waals surface area contributed by atoms with E-state index in [1.165, 1.54) is 6.92 Å². The number of Topliss-reactive ketones (excluding diaryl/α,β-unsaturated/α-hetero) is 1. The summed E-state index contributed by atoms with van der Waals surface area (Å²) >= 11 is 0. The van der Waals surface area contributed by atoms with E-state index in [0.29, 0.717) is 37.5 Å². The molecule has 6 heteroatoms. The fourth-order valence-corrected chi connectivity index (χ4v) is 2.57. The smallest absolute Gasteiger partial charge is 0.223 e. The van der Waals surface area contributed by atoms with Crippen LogP contribution in [-0.4, -0.2) is 60.7 Å². The van der Waals surface area contributed by atoms with Crippen LogP contribution in [0.4, 0.5) is 0 Å². The fourth-order valence-electron chi connectivity index (χ4n) is 2.57. The van der Waals surface area contributed by atoms with E-state index in [9.17, 15) is 14.4 Å². The number of piperazine rings is 1. The summed E-state index contributed by atoms with van der Waals surface area (Å²) in [5, 5.41) is 0. The van der Waals surface area contributed by atoms with Crippen molar-refractivity contribution < 1.29 is 19.1 Å². The summed E-state index contributed by atoms with van der Waals surface area (Å²) in [6.07, 6.45) is 0.392. The van der Waals surface area contributed by atoms with Crippen LogP contribution in [0.15, 0.2) is 24.3 Å². The third kappa shape index (κ3) is 4.55. The van der Waals surface area contributed by atoms with E-state index in [1.54, 1.807) is 41.2 Å². The van der Waals surface area contributed by atoms with E-state index in [4.69, 9.17) is 4.74 Å². The Hall–Kier alpha value is -2.37. The second-order valence-electron chi connectivity index (χ2n) is 5.54. The summed E-state index contributed by atoms with van der Waals surface area (Å²) in [6.45, 7) is 3.73. The number of methoxy groups -OCH3 is 1. The molecule has 0 aliphatic carbocycles. The molecule has 2 amide bonds. The molecule has 6 nitrogen and oxygen atoms in total. The number of carbonyl (C=O) groups excluding carboxylic acids is 3. The average Bonchev–Trinajstić information content (AvgIpc) is 2.59. The Morgan fingerprint density at radius 3 is 2.04 bits per heavy atom. The first kappa shape index (κ1) is 17.0. The minimum Gasteiger partial charge on any atom is -0.497 e. The molecule has 1 fully saturated rings. The van der Waals surface area contributed by atoms with E-state index >= 15 is 0 Å². The first-order chi connectivity index (χ1) is 11.0. The van der Waals surface area contributed by atoms with Gasteiger partial charge in [-0.05, 0) is 24.3 Å². The maximum Gasteiger partial charge on any atom is 0.223 e. The summed E-state index contributed by atoms with van der Waals surface area (Å²) in [4.78, 5) is 39.0. The number of rotatable bonds is 5. The lowest BCUT2D eigenvalue weighted by Gasteiger charge is -2.34. The van der Waals surface area contributed by atoms with Gasteiger partial charge in [-0.3, -0.25) is 14.4 Å². The van der Waals surface area contributed by atoms with Crippen molar-refractivity contribution in [3.8, 4) is 5.75 Å². The first-order valence-electron chi connectivity index (χ1n) is 7.72. The molecule has 0 saturated carbocycles. The van der Waals surface area contributed by atoms with Crippen LogP contribution in [0.25, 0.3) is 0 Å². The molecule has 23 heavy (non-hydrogen) atoms. The molecular weight excluding hydrogens is 296 g/mol. The molecule has 1 aliphatic rings. The molecular formula is C17H22N2O4. The minimum absolute atomic E-state index is 0.0323. The second-order valence-corrected chi connectivity index (χ2v) is 5.54. The predicted molar refractivity (Wildman–Crippen MR) is 85.4 cm³/mol. The number of ketones is 1. The van der Waals surface area contributed by atoms with E-state index in [2.05, 4.69) is 0 Å². The molecule has 0 N–H and O–H groups in total. The lowest BCUT2D eigenvalue weighted by atomic mass is 10.1. The second kappa shape index (κ2) is 7.76. The van der Waals surface area contributed by atoms with Crippen molar-refractivity contribution in [3.05, 3.63) is 29.8 Å². The van der Waals surface area contributed by atoms with Crippen molar-refractivity contribution in [2.75, 3.05) is 33.3 Å². The maximum absolute atomic E-state index is 12.2. The Bertz CT molecular complexity index is 575. The Labute approximate surface area is 136 Å². The number of carbonyl (C=O) groups is 3. The number of ether oxygens (including phenoxy) is 1. The largest absolute Gasteiger partial charge is 0.497 e. The van der Waals surface area contributed by atoms with Crippen LogP contribution in [0.5, 0.6) is 5.75 Å². The topological polar surface area (TPSA) is 66.9 Å². The highest BCUT2D eigenvalue weighted by Gasteiger charge is 2.22. The Morgan fingerprint density at radius 1 is 0.957 bits per heavy atom. The molecule has 1 saturated heterocycles. The van der Waals surface area contributed by atoms with Gasteiger partial charge in [0.1, 0.15) is 5.75 Å². The summed E-state index contributed by atoms with van der Waals surface area (Å²) in [5.41, 5.74) is 0.583. The normalized spacial score (nSPS) is 14.5. The summed E-state index contributed by atoms with van der Waals surface area (Å²) in [5.74, 6) is 0.645. The minimum atomic E-state index is -0.0524. The van der Waals surface area contributed by atoms with Gasteiger partial charge in [0.2, 0.25) is 11.8 Å². The van der Waals surface area contributed by atoms with Gasteiger partial charge < -0.3 is 14.5 Å². The van der Waals surface area contributed by atoms with Crippen LogP contribution in [0, 0.1) is 0 Å². The van der Waals surface area contributed by atoms with Gasteiger partial charge in [-0.15, -0.1) is 0 Å². The van der Waals surface area contributed by atoms with Crippen molar-refractivity contribution in [1.82, 2.24) is 9.80 Å². The summed E-state index contributed by atoms with van der Waals surface area (Å²) < 4.78 is 5.05. The SMILES string of the molecule is COc1ccc(C(=O)CCC(=O)N2CCN(C(C)=O)CC2)cc1. The van der Waals surface area contributed by atoms with Crippen LogP contribution >= 0.6 is 0 Å². The van der Waals surface area contributed by atoms with Crippen molar-refractivity contribution in [2.45, 2.75) is 19.8 Å². The molecule has 0 spiro atoms. The Kier molecular flexibility index (Phi) is 5.73. The average molecular weight is 318 g/mol. The Balaban J connectivity index is 1.79. The molecule has 2 rings (SSSR count).